The Labute approximate surface area is 118 Å². The van der Waals surface area contributed by atoms with Gasteiger partial charge in [0.25, 0.3) is 0 Å². The summed E-state index contributed by atoms with van der Waals surface area (Å²) in [6, 6.07) is 4.61. The van der Waals surface area contributed by atoms with Gasteiger partial charge in [-0.1, -0.05) is 17.7 Å². The van der Waals surface area contributed by atoms with Crippen molar-refractivity contribution in [2.45, 2.75) is 6.10 Å². The van der Waals surface area contributed by atoms with Crippen LogP contribution in [0.4, 0.5) is 20.5 Å². The maximum atomic E-state index is 13.0. The molecule has 5 nitrogen and oxygen atoms in total. The summed E-state index contributed by atoms with van der Waals surface area (Å²) in [6.45, 7) is 0.0256. The first-order valence-electron chi connectivity index (χ1n) is 5.62. The fraction of sp³-hybridized carbons (Fsp3) is 0.167. The number of nitrogens with two attached hydrogens (primary N) is 1. The molecule has 0 aliphatic rings. The van der Waals surface area contributed by atoms with Crippen molar-refractivity contribution in [3.05, 3.63) is 46.6 Å². The molecule has 1 aromatic heterocycles. The van der Waals surface area contributed by atoms with Crippen LogP contribution in [-0.4, -0.2) is 21.6 Å². The van der Waals surface area contributed by atoms with E-state index in [9.17, 15) is 13.9 Å². The molecule has 0 bridgehead atoms. The van der Waals surface area contributed by atoms with E-state index in [0.717, 1.165) is 12.1 Å². The van der Waals surface area contributed by atoms with Crippen LogP contribution < -0.4 is 11.1 Å². The van der Waals surface area contributed by atoms with Gasteiger partial charge in [-0.05, 0) is 17.7 Å². The number of aliphatic hydroxyl groups excluding tert-OH is 1. The molecule has 0 radical (unpaired) electrons. The van der Waals surface area contributed by atoms with Crippen LogP contribution in [0.5, 0.6) is 0 Å². The van der Waals surface area contributed by atoms with Gasteiger partial charge in [0.1, 0.15) is 11.0 Å². The number of benzene rings is 1. The highest BCUT2D eigenvalue weighted by atomic mass is 35.5. The zero-order chi connectivity index (χ0) is 14.7. The Morgan fingerprint density at radius 2 is 2.00 bits per heavy atom. The molecule has 0 aliphatic carbocycles. The van der Waals surface area contributed by atoms with Crippen LogP contribution >= 0.6 is 11.6 Å². The maximum absolute atomic E-state index is 13.0. The van der Waals surface area contributed by atoms with Crippen molar-refractivity contribution in [2.75, 3.05) is 17.6 Å². The minimum absolute atomic E-state index is 0.0117. The molecule has 0 fully saturated rings. The summed E-state index contributed by atoms with van der Waals surface area (Å²) in [5.74, 6) is -1.67. The van der Waals surface area contributed by atoms with E-state index in [1.54, 1.807) is 0 Å². The fourth-order valence-electron chi connectivity index (χ4n) is 1.56. The lowest BCUT2D eigenvalue weighted by Crippen LogP contribution is -2.14. The normalized spacial score (nSPS) is 12.2. The van der Waals surface area contributed by atoms with E-state index in [0.29, 0.717) is 5.82 Å². The third-order valence-electron chi connectivity index (χ3n) is 2.52. The fourth-order valence-corrected chi connectivity index (χ4v) is 1.75. The highest BCUT2D eigenvalue weighted by Gasteiger charge is 2.11. The number of nitrogens with one attached hydrogen (secondary N) is 1. The second-order valence-electron chi connectivity index (χ2n) is 4.00. The van der Waals surface area contributed by atoms with E-state index < -0.39 is 17.7 Å². The first-order valence-corrected chi connectivity index (χ1v) is 6.00. The summed E-state index contributed by atoms with van der Waals surface area (Å²) < 4.78 is 25.8. The molecule has 0 spiro atoms. The predicted octanol–water partition coefficient (Wildman–Crippen LogP) is 2.14. The highest BCUT2D eigenvalue weighted by Crippen LogP contribution is 2.18. The zero-order valence-electron chi connectivity index (χ0n) is 10.1. The molecule has 1 aromatic carbocycles. The van der Waals surface area contributed by atoms with Gasteiger partial charge in [-0.25, -0.2) is 13.8 Å². The third kappa shape index (κ3) is 3.52. The van der Waals surface area contributed by atoms with E-state index in [4.69, 9.17) is 17.3 Å². The number of hydrogen-bond donors (Lipinski definition) is 3. The van der Waals surface area contributed by atoms with Crippen molar-refractivity contribution in [1.29, 1.82) is 0 Å². The van der Waals surface area contributed by atoms with E-state index >= 15 is 0 Å². The van der Waals surface area contributed by atoms with Crippen LogP contribution in [0.1, 0.15) is 11.7 Å². The SMILES string of the molecule is Nc1nc(Cl)cc(NCC(O)c2ccc(F)c(F)c2)n1. The minimum atomic E-state index is -1.04. The molecular weight excluding hydrogens is 290 g/mol. The lowest BCUT2D eigenvalue weighted by molar-refractivity contribution is 0.191. The van der Waals surface area contributed by atoms with E-state index in [1.165, 1.54) is 12.1 Å². The van der Waals surface area contributed by atoms with Gasteiger partial charge in [-0.2, -0.15) is 4.98 Å². The molecule has 0 aliphatic heterocycles. The molecule has 0 saturated heterocycles. The van der Waals surface area contributed by atoms with Crippen molar-refractivity contribution >= 4 is 23.4 Å². The standard InChI is InChI=1S/C12H11ClF2N4O/c13-10-4-11(19-12(16)18-10)17-5-9(20)6-1-2-7(14)8(15)3-6/h1-4,9,20H,5H2,(H3,16,17,18,19). The Hall–Kier alpha value is -1.99. The average Bonchev–Trinajstić information content (AvgIpc) is 2.38. The number of aromatic nitrogens is 2. The van der Waals surface area contributed by atoms with Gasteiger partial charge in [-0.3, -0.25) is 0 Å². The summed E-state index contributed by atoms with van der Waals surface area (Å²) in [5, 5.41) is 12.8. The third-order valence-corrected chi connectivity index (χ3v) is 2.71. The summed E-state index contributed by atoms with van der Waals surface area (Å²) in [7, 11) is 0. The monoisotopic (exact) mass is 300 g/mol. The Balaban J connectivity index is 2.04. The quantitative estimate of drug-likeness (QED) is 0.753. The second kappa shape index (κ2) is 5.98. The van der Waals surface area contributed by atoms with Gasteiger partial charge in [0.05, 0.1) is 6.10 Å². The molecule has 4 N–H and O–H groups in total. The van der Waals surface area contributed by atoms with Crippen LogP contribution in [0.3, 0.4) is 0 Å². The van der Waals surface area contributed by atoms with Crippen LogP contribution in [0.15, 0.2) is 24.3 Å². The van der Waals surface area contributed by atoms with Crippen LogP contribution in [0.25, 0.3) is 0 Å². The molecule has 2 aromatic rings. The number of rotatable bonds is 4. The average molecular weight is 301 g/mol. The lowest BCUT2D eigenvalue weighted by Gasteiger charge is -2.13. The van der Waals surface area contributed by atoms with E-state index in [1.807, 2.05) is 0 Å². The smallest absolute Gasteiger partial charge is 0.223 e. The van der Waals surface area contributed by atoms with Crippen molar-refractivity contribution < 1.29 is 13.9 Å². The van der Waals surface area contributed by atoms with Crippen molar-refractivity contribution in [3.8, 4) is 0 Å². The molecule has 2 rings (SSSR count). The molecule has 1 unspecified atom stereocenters. The maximum Gasteiger partial charge on any atom is 0.223 e. The number of aliphatic hydroxyl groups is 1. The number of halogens is 3. The first kappa shape index (κ1) is 14.4. The molecule has 1 heterocycles. The summed E-state index contributed by atoms with van der Waals surface area (Å²) in [5.41, 5.74) is 5.65. The van der Waals surface area contributed by atoms with Crippen molar-refractivity contribution in [3.63, 3.8) is 0 Å². The molecule has 0 amide bonds. The lowest BCUT2D eigenvalue weighted by atomic mass is 10.1. The second-order valence-corrected chi connectivity index (χ2v) is 4.39. The van der Waals surface area contributed by atoms with Gasteiger partial charge < -0.3 is 16.2 Å². The largest absolute Gasteiger partial charge is 0.387 e. The Bertz CT molecular complexity index is 606. The number of hydrogen-bond acceptors (Lipinski definition) is 5. The van der Waals surface area contributed by atoms with Crippen LogP contribution in [0, 0.1) is 11.6 Å². The van der Waals surface area contributed by atoms with Gasteiger partial charge in [0.2, 0.25) is 5.95 Å². The zero-order valence-corrected chi connectivity index (χ0v) is 10.9. The van der Waals surface area contributed by atoms with Gasteiger partial charge >= 0.3 is 0 Å². The summed E-state index contributed by atoms with van der Waals surface area (Å²) in [6.07, 6.45) is -1.04. The molecule has 20 heavy (non-hydrogen) atoms. The Morgan fingerprint density at radius 1 is 1.25 bits per heavy atom. The Kier molecular flexibility index (Phi) is 4.31. The topological polar surface area (TPSA) is 84.1 Å². The van der Waals surface area contributed by atoms with Crippen LogP contribution in [-0.2, 0) is 0 Å². The van der Waals surface area contributed by atoms with Gasteiger partial charge in [-0.15, -0.1) is 0 Å². The molecular formula is C12H11ClF2N4O. The summed E-state index contributed by atoms with van der Waals surface area (Å²) in [4.78, 5) is 7.54. The van der Waals surface area contributed by atoms with Crippen molar-refractivity contribution in [2.24, 2.45) is 0 Å². The van der Waals surface area contributed by atoms with Gasteiger partial charge in [0.15, 0.2) is 11.6 Å². The highest BCUT2D eigenvalue weighted by molar-refractivity contribution is 6.29. The van der Waals surface area contributed by atoms with Crippen molar-refractivity contribution in [1.82, 2.24) is 9.97 Å². The molecule has 1 atom stereocenters. The van der Waals surface area contributed by atoms with E-state index in [2.05, 4.69) is 15.3 Å². The predicted molar refractivity (Wildman–Crippen MR) is 71.3 cm³/mol. The molecule has 0 saturated carbocycles. The molecule has 106 valence electrons. The first-order chi connectivity index (χ1) is 9.45. The van der Waals surface area contributed by atoms with Crippen LogP contribution in [0.2, 0.25) is 5.15 Å². The number of nitrogen functional groups attached to an aromatic ring is 1. The van der Waals surface area contributed by atoms with Gasteiger partial charge in [0, 0.05) is 12.6 Å². The number of anilines is 2. The number of nitrogens with zero attached hydrogens (tertiary/aromatic N) is 2. The summed E-state index contributed by atoms with van der Waals surface area (Å²) >= 11 is 5.70. The Morgan fingerprint density at radius 3 is 2.65 bits per heavy atom. The molecule has 8 heteroatoms. The minimum Gasteiger partial charge on any atom is -0.387 e. The van der Waals surface area contributed by atoms with E-state index in [-0.39, 0.29) is 23.2 Å².